The SMILES string of the molecule is C[C@@H]1C[C@H](CC(=O)N2Cc3ccccc3C[C@H]2CO)O[C@@]12C(=O)N(C)c1ccccc12. The van der Waals surface area contributed by atoms with E-state index < -0.39 is 5.60 Å². The van der Waals surface area contributed by atoms with Crippen molar-refractivity contribution < 1.29 is 19.4 Å². The van der Waals surface area contributed by atoms with Gasteiger partial charge in [0.2, 0.25) is 5.91 Å². The van der Waals surface area contributed by atoms with Gasteiger partial charge in [-0.25, -0.2) is 0 Å². The fourth-order valence-electron chi connectivity index (χ4n) is 5.61. The van der Waals surface area contributed by atoms with Crippen LogP contribution in [0.5, 0.6) is 0 Å². The third-order valence-corrected chi connectivity index (χ3v) is 7.24. The van der Waals surface area contributed by atoms with Crippen molar-refractivity contribution in [2.75, 3.05) is 18.6 Å². The van der Waals surface area contributed by atoms with Crippen molar-refractivity contribution in [3.8, 4) is 0 Å². The quantitative estimate of drug-likeness (QED) is 0.829. The van der Waals surface area contributed by atoms with Gasteiger partial charge in [0.15, 0.2) is 5.60 Å². The second kappa shape index (κ2) is 7.46. The number of anilines is 1. The second-order valence-electron chi connectivity index (χ2n) is 9.03. The van der Waals surface area contributed by atoms with E-state index in [0.717, 1.165) is 16.8 Å². The van der Waals surface area contributed by atoms with Gasteiger partial charge < -0.3 is 19.6 Å². The first-order valence-corrected chi connectivity index (χ1v) is 11.0. The number of likely N-dealkylation sites (N-methyl/N-ethyl adjacent to an activating group) is 1. The number of hydrogen-bond donors (Lipinski definition) is 1. The zero-order chi connectivity index (χ0) is 21.8. The van der Waals surface area contributed by atoms with Gasteiger partial charge in [0.1, 0.15) is 0 Å². The highest BCUT2D eigenvalue weighted by atomic mass is 16.5. The van der Waals surface area contributed by atoms with Gasteiger partial charge in [-0.2, -0.15) is 0 Å². The number of rotatable bonds is 3. The predicted octanol–water partition coefficient (Wildman–Crippen LogP) is 2.62. The number of fused-ring (bicyclic) bond motifs is 3. The third-order valence-electron chi connectivity index (χ3n) is 7.24. The van der Waals surface area contributed by atoms with Gasteiger partial charge in [-0.05, 0) is 30.0 Å². The molecule has 2 aromatic rings. The monoisotopic (exact) mass is 420 g/mol. The summed E-state index contributed by atoms with van der Waals surface area (Å²) in [5, 5.41) is 9.90. The van der Waals surface area contributed by atoms with Crippen molar-refractivity contribution in [2.45, 2.75) is 50.5 Å². The number of amides is 2. The molecule has 1 saturated heterocycles. The van der Waals surface area contributed by atoms with Crippen molar-refractivity contribution in [1.29, 1.82) is 0 Å². The lowest BCUT2D eigenvalue weighted by molar-refractivity contribution is -0.150. The van der Waals surface area contributed by atoms with Gasteiger partial charge in [0.05, 0.1) is 30.9 Å². The van der Waals surface area contributed by atoms with Gasteiger partial charge in [0, 0.05) is 25.1 Å². The molecule has 3 aliphatic rings. The number of carbonyl (C=O) groups excluding carboxylic acids is 2. The average molecular weight is 421 g/mol. The highest BCUT2D eigenvalue weighted by Crippen LogP contribution is 2.53. The van der Waals surface area contributed by atoms with E-state index in [0.29, 0.717) is 19.4 Å². The minimum Gasteiger partial charge on any atom is -0.394 e. The van der Waals surface area contributed by atoms with E-state index in [1.54, 1.807) is 16.8 Å². The van der Waals surface area contributed by atoms with E-state index in [2.05, 4.69) is 6.07 Å². The molecule has 5 rings (SSSR count). The molecule has 2 aromatic carbocycles. The van der Waals surface area contributed by atoms with Gasteiger partial charge >= 0.3 is 0 Å². The molecule has 31 heavy (non-hydrogen) atoms. The van der Waals surface area contributed by atoms with Crippen LogP contribution in [-0.4, -0.2) is 47.6 Å². The zero-order valence-electron chi connectivity index (χ0n) is 18.0. The summed E-state index contributed by atoms with van der Waals surface area (Å²) in [5.74, 6) is -0.120. The van der Waals surface area contributed by atoms with Crippen LogP contribution in [0.15, 0.2) is 48.5 Å². The number of aliphatic hydroxyl groups is 1. The molecule has 1 fully saturated rings. The number of aliphatic hydroxyl groups excluding tert-OH is 1. The lowest BCUT2D eigenvalue weighted by atomic mass is 9.83. The number of benzene rings is 2. The predicted molar refractivity (Wildman–Crippen MR) is 116 cm³/mol. The fraction of sp³-hybridized carbons (Fsp3) is 0.440. The van der Waals surface area contributed by atoms with Crippen LogP contribution in [0.25, 0.3) is 0 Å². The molecule has 0 radical (unpaired) electrons. The van der Waals surface area contributed by atoms with Crippen LogP contribution in [0.3, 0.4) is 0 Å². The molecule has 0 aliphatic carbocycles. The summed E-state index contributed by atoms with van der Waals surface area (Å²) in [5.41, 5.74) is 3.07. The smallest absolute Gasteiger partial charge is 0.264 e. The normalized spacial score (nSPS) is 29.4. The van der Waals surface area contributed by atoms with Crippen LogP contribution in [0, 0.1) is 5.92 Å². The van der Waals surface area contributed by atoms with Crippen LogP contribution < -0.4 is 4.90 Å². The first kappa shape index (κ1) is 20.2. The molecule has 6 nitrogen and oxygen atoms in total. The maximum absolute atomic E-state index is 13.3. The molecule has 0 unspecified atom stereocenters. The van der Waals surface area contributed by atoms with Crippen LogP contribution >= 0.6 is 0 Å². The highest BCUT2D eigenvalue weighted by Gasteiger charge is 2.59. The van der Waals surface area contributed by atoms with E-state index in [-0.39, 0.29) is 42.9 Å². The van der Waals surface area contributed by atoms with E-state index in [1.165, 1.54) is 5.56 Å². The van der Waals surface area contributed by atoms with E-state index in [1.807, 2.05) is 49.4 Å². The third kappa shape index (κ3) is 3.00. The summed E-state index contributed by atoms with van der Waals surface area (Å²) in [7, 11) is 1.78. The van der Waals surface area contributed by atoms with E-state index in [4.69, 9.17) is 4.74 Å². The Morgan fingerprint density at radius 1 is 1.16 bits per heavy atom. The van der Waals surface area contributed by atoms with Crippen LogP contribution in [0.1, 0.15) is 36.5 Å². The minimum atomic E-state index is -1.01. The first-order valence-electron chi connectivity index (χ1n) is 11.0. The molecule has 162 valence electrons. The minimum absolute atomic E-state index is 0.0281. The van der Waals surface area contributed by atoms with Crippen molar-refractivity contribution in [3.05, 3.63) is 65.2 Å². The Hall–Kier alpha value is -2.70. The summed E-state index contributed by atoms with van der Waals surface area (Å²) in [6.07, 6.45) is 1.18. The molecule has 1 N–H and O–H groups in total. The molecule has 2 amide bonds. The largest absolute Gasteiger partial charge is 0.394 e. The Kier molecular flexibility index (Phi) is 4.87. The highest BCUT2D eigenvalue weighted by molar-refractivity contribution is 6.07. The lowest BCUT2D eigenvalue weighted by Crippen LogP contribution is -2.47. The molecule has 0 saturated carbocycles. The lowest BCUT2D eigenvalue weighted by Gasteiger charge is -2.36. The van der Waals surface area contributed by atoms with Crippen LogP contribution in [0.4, 0.5) is 5.69 Å². The second-order valence-corrected chi connectivity index (χ2v) is 9.03. The van der Waals surface area contributed by atoms with Crippen LogP contribution in [0.2, 0.25) is 0 Å². The van der Waals surface area contributed by atoms with Gasteiger partial charge in [-0.15, -0.1) is 0 Å². The number of nitrogens with zero attached hydrogens (tertiary/aromatic N) is 2. The molecule has 6 heteroatoms. The summed E-state index contributed by atoms with van der Waals surface area (Å²) >= 11 is 0. The number of para-hydroxylation sites is 1. The van der Waals surface area contributed by atoms with E-state index in [9.17, 15) is 14.7 Å². The van der Waals surface area contributed by atoms with Crippen molar-refractivity contribution >= 4 is 17.5 Å². The van der Waals surface area contributed by atoms with Crippen molar-refractivity contribution in [3.63, 3.8) is 0 Å². The zero-order valence-corrected chi connectivity index (χ0v) is 18.0. The Labute approximate surface area is 182 Å². The molecule has 0 bridgehead atoms. The fourth-order valence-corrected chi connectivity index (χ4v) is 5.61. The molecule has 0 aromatic heterocycles. The molecular weight excluding hydrogens is 392 g/mol. The van der Waals surface area contributed by atoms with Gasteiger partial charge in [-0.1, -0.05) is 49.4 Å². The van der Waals surface area contributed by atoms with Crippen molar-refractivity contribution in [2.24, 2.45) is 5.92 Å². The summed E-state index contributed by atoms with van der Waals surface area (Å²) in [6.45, 7) is 2.47. The first-order chi connectivity index (χ1) is 15.0. The maximum atomic E-state index is 13.3. The summed E-state index contributed by atoms with van der Waals surface area (Å²) < 4.78 is 6.43. The summed E-state index contributed by atoms with van der Waals surface area (Å²) in [4.78, 5) is 30.0. The number of ether oxygens (including phenoxy) is 1. The molecule has 3 aliphatic heterocycles. The molecule has 1 spiro atoms. The molecular formula is C25H28N2O4. The Morgan fingerprint density at radius 2 is 1.87 bits per heavy atom. The summed E-state index contributed by atoms with van der Waals surface area (Å²) in [6, 6.07) is 15.6. The maximum Gasteiger partial charge on any atom is 0.264 e. The Balaban J connectivity index is 1.36. The Bertz CT molecular complexity index is 1040. The number of hydrogen-bond acceptors (Lipinski definition) is 4. The molecule has 3 heterocycles. The van der Waals surface area contributed by atoms with Crippen LogP contribution in [-0.2, 0) is 32.9 Å². The topological polar surface area (TPSA) is 70.1 Å². The van der Waals surface area contributed by atoms with Gasteiger partial charge in [-0.3, -0.25) is 9.59 Å². The van der Waals surface area contributed by atoms with E-state index >= 15 is 0 Å². The van der Waals surface area contributed by atoms with Gasteiger partial charge in [0.25, 0.3) is 5.91 Å². The Morgan fingerprint density at radius 3 is 2.65 bits per heavy atom. The standard InChI is InChI=1S/C25H28N2O4/c1-16-11-20(31-25(16)21-9-5-6-10-22(21)26(2)24(25)30)13-23(29)27-14-18-8-4-3-7-17(18)12-19(27)15-28/h3-10,16,19-20,28H,11-15H2,1-2H3/t16-,19+,20-,25+/m1/s1. The molecule has 4 atom stereocenters. The van der Waals surface area contributed by atoms with Crippen molar-refractivity contribution in [1.82, 2.24) is 4.90 Å². The number of carbonyl (C=O) groups is 2. The average Bonchev–Trinajstić information content (AvgIpc) is 3.23.